The van der Waals surface area contributed by atoms with Gasteiger partial charge in [0.25, 0.3) is 0 Å². The lowest BCUT2D eigenvalue weighted by molar-refractivity contribution is -0.115. The van der Waals surface area contributed by atoms with E-state index >= 15 is 0 Å². The Morgan fingerprint density at radius 2 is 1.75 bits per heavy atom. The average Bonchev–Trinajstić information content (AvgIpc) is 3.47. The van der Waals surface area contributed by atoms with Crippen molar-refractivity contribution in [3.63, 3.8) is 0 Å². The fourth-order valence-corrected chi connectivity index (χ4v) is 4.14. The van der Waals surface area contributed by atoms with Crippen LogP contribution in [0.25, 0.3) is 27.9 Å². The zero-order chi connectivity index (χ0) is 25.3. The smallest absolute Gasteiger partial charge is 0.228 e. The Labute approximate surface area is 213 Å². The molecule has 0 saturated carbocycles. The number of halogens is 1. The molecule has 0 spiro atoms. The normalized spacial score (nSPS) is 11.7. The van der Waals surface area contributed by atoms with Gasteiger partial charge in [-0.25, -0.2) is 9.50 Å². The van der Waals surface area contributed by atoms with Crippen LogP contribution in [0.15, 0.2) is 79.5 Å². The molecule has 3 aromatic heterocycles. The largest absolute Gasteiger partial charge is 0.389 e. The minimum atomic E-state index is -0.852. The number of benzene rings is 2. The third-order valence-electron chi connectivity index (χ3n) is 5.64. The SMILES string of the molecule is CC(C)(O)Cn1cc(-c2cc3c(-c4ccc(NC(=O)Cc5ccc(Cl)cc5)cc4)ncnn3c2)cn1. The molecular weight excluding hydrogens is 476 g/mol. The molecule has 0 radical (unpaired) electrons. The van der Waals surface area contributed by atoms with Gasteiger partial charge in [-0.1, -0.05) is 35.9 Å². The van der Waals surface area contributed by atoms with Crippen LogP contribution in [0.4, 0.5) is 5.69 Å². The van der Waals surface area contributed by atoms with Crippen LogP contribution in [0, 0.1) is 0 Å². The Morgan fingerprint density at radius 1 is 1.00 bits per heavy atom. The van der Waals surface area contributed by atoms with Crippen LogP contribution in [-0.4, -0.2) is 41.0 Å². The van der Waals surface area contributed by atoms with E-state index in [1.165, 1.54) is 6.33 Å². The molecule has 2 N–H and O–H groups in total. The maximum absolute atomic E-state index is 12.4. The fraction of sp³-hybridized carbons (Fsp3) is 0.185. The molecule has 0 bridgehead atoms. The van der Waals surface area contributed by atoms with Crippen LogP contribution >= 0.6 is 11.6 Å². The van der Waals surface area contributed by atoms with E-state index in [2.05, 4.69) is 20.5 Å². The van der Waals surface area contributed by atoms with Crippen molar-refractivity contribution in [2.24, 2.45) is 0 Å². The highest BCUT2D eigenvalue weighted by Crippen LogP contribution is 2.28. The summed E-state index contributed by atoms with van der Waals surface area (Å²) in [5.41, 5.74) is 5.15. The van der Waals surface area contributed by atoms with Crippen molar-refractivity contribution in [2.45, 2.75) is 32.4 Å². The van der Waals surface area contributed by atoms with Crippen molar-refractivity contribution in [2.75, 3.05) is 5.32 Å². The molecule has 0 atom stereocenters. The van der Waals surface area contributed by atoms with E-state index in [9.17, 15) is 9.90 Å². The number of hydrogen-bond acceptors (Lipinski definition) is 5. The number of aromatic nitrogens is 5. The summed E-state index contributed by atoms with van der Waals surface area (Å²) < 4.78 is 3.51. The van der Waals surface area contributed by atoms with Crippen LogP contribution in [0.3, 0.4) is 0 Å². The Hall–Kier alpha value is -4.01. The summed E-state index contributed by atoms with van der Waals surface area (Å²) >= 11 is 5.91. The standard InChI is InChI=1S/C27H25ClN6O2/c1-27(2,36)16-33-14-21(13-30-33)20-12-24-26(29-17-31-34(24)15-20)19-5-9-23(10-6-19)32-25(35)11-18-3-7-22(28)8-4-18/h3-10,12-15,17,36H,11,16H2,1-2H3,(H,32,35). The van der Waals surface area contributed by atoms with Gasteiger partial charge in [0.05, 0.1) is 36.0 Å². The van der Waals surface area contributed by atoms with Crippen LogP contribution in [0.5, 0.6) is 0 Å². The van der Waals surface area contributed by atoms with E-state index < -0.39 is 5.60 Å². The molecule has 0 unspecified atom stereocenters. The number of hydrogen-bond donors (Lipinski definition) is 2. The number of fused-ring (bicyclic) bond motifs is 1. The minimum Gasteiger partial charge on any atom is -0.389 e. The predicted molar refractivity (Wildman–Crippen MR) is 140 cm³/mol. The molecule has 9 heteroatoms. The summed E-state index contributed by atoms with van der Waals surface area (Å²) in [7, 11) is 0. The number of amides is 1. The minimum absolute atomic E-state index is 0.101. The molecule has 5 rings (SSSR count). The van der Waals surface area contributed by atoms with Crippen LogP contribution in [0.1, 0.15) is 19.4 Å². The Morgan fingerprint density at radius 3 is 2.47 bits per heavy atom. The summed E-state index contributed by atoms with van der Waals surface area (Å²) in [6, 6.07) is 16.8. The summed E-state index contributed by atoms with van der Waals surface area (Å²) in [6.07, 6.45) is 7.39. The third kappa shape index (κ3) is 5.45. The highest BCUT2D eigenvalue weighted by atomic mass is 35.5. The number of nitrogens with one attached hydrogen (secondary N) is 1. The number of carbonyl (C=O) groups is 1. The second-order valence-electron chi connectivity index (χ2n) is 9.34. The van der Waals surface area contributed by atoms with Crippen molar-refractivity contribution in [3.8, 4) is 22.4 Å². The van der Waals surface area contributed by atoms with E-state index in [0.29, 0.717) is 17.3 Å². The van der Waals surface area contributed by atoms with Crippen molar-refractivity contribution in [1.29, 1.82) is 0 Å². The van der Waals surface area contributed by atoms with Gasteiger partial charge in [-0.05, 0) is 49.7 Å². The van der Waals surface area contributed by atoms with Gasteiger partial charge >= 0.3 is 0 Å². The van der Waals surface area contributed by atoms with Gasteiger partial charge in [0.2, 0.25) is 5.91 Å². The Kier molecular flexibility index (Phi) is 6.30. The van der Waals surface area contributed by atoms with Crippen molar-refractivity contribution >= 4 is 28.7 Å². The van der Waals surface area contributed by atoms with Crippen LogP contribution in [0.2, 0.25) is 5.02 Å². The zero-order valence-corrected chi connectivity index (χ0v) is 20.6. The summed E-state index contributed by atoms with van der Waals surface area (Å²) in [5, 5.41) is 22.3. The zero-order valence-electron chi connectivity index (χ0n) is 19.9. The van der Waals surface area contributed by atoms with E-state index in [4.69, 9.17) is 11.6 Å². The van der Waals surface area contributed by atoms with Gasteiger partial charge in [0.15, 0.2) is 0 Å². The quantitative estimate of drug-likeness (QED) is 0.332. The van der Waals surface area contributed by atoms with E-state index in [1.807, 2.05) is 54.9 Å². The first kappa shape index (κ1) is 23.7. The van der Waals surface area contributed by atoms with E-state index in [-0.39, 0.29) is 12.3 Å². The lowest BCUT2D eigenvalue weighted by Crippen LogP contribution is -2.26. The summed E-state index contributed by atoms with van der Waals surface area (Å²) in [4.78, 5) is 16.9. The van der Waals surface area contributed by atoms with Gasteiger partial charge in [0.1, 0.15) is 6.33 Å². The van der Waals surface area contributed by atoms with Crippen LogP contribution < -0.4 is 5.32 Å². The molecule has 0 aliphatic carbocycles. The highest BCUT2D eigenvalue weighted by Gasteiger charge is 2.16. The molecule has 2 aromatic carbocycles. The van der Waals surface area contributed by atoms with Crippen molar-refractivity contribution < 1.29 is 9.90 Å². The number of carbonyl (C=O) groups excluding carboxylic acids is 1. The second kappa shape index (κ2) is 9.56. The molecule has 0 aliphatic heterocycles. The number of aliphatic hydroxyl groups is 1. The van der Waals surface area contributed by atoms with E-state index in [0.717, 1.165) is 33.5 Å². The van der Waals surface area contributed by atoms with Gasteiger partial charge in [-0.2, -0.15) is 10.2 Å². The third-order valence-corrected chi connectivity index (χ3v) is 5.89. The molecule has 1 amide bonds. The number of anilines is 1. The van der Waals surface area contributed by atoms with Crippen molar-refractivity contribution in [1.82, 2.24) is 24.4 Å². The Balaban J connectivity index is 1.34. The first-order valence-electron chi connectivity index (χ1n) is 11.5. The van der Waals surface area contributed by atoms with Gasteiger partial charge < -0.3 is 10.4 Å². The lowest BCUT2D eigenvalue weighted by Gasteiger charge is -2.16. The molecule has 8 nitrogen and oxygen atoms in total. The molecule has 0 saturated heterocycles. The van der Waals surface area contributed by atoms with Gasteiger partial charge in [0, 0.05) is 39.8 Å². The van der Waals surface area contributed by atoms with Crippen LogP contribution in [-0.2, 0) is 17.8 Å². The summed E-state index contributed by atoms with van der Waals surface area (Å²) in [6.45, 7) is 3.90. The second-order valence-corrected chi connectivity index (χ2v) is 9.77. The lowest BCUT2D eigenvalue weighted by atomic mass is 10.1. The number of rotatable bonds is 7. The first-order chi connectivity index (χ1) is 17.2. The Bertz CT molecular complexity index is 1510. The molecule has 36 heavy (non-hydrogen) atoms. The molecular formula is C27H25ClN6O2. The first-order valence-corrected chi connectivity index (χ1v) is 11.8. The monoisotopic (exact) mass is 500 g/mol. The fourth-order valence-electron chi connectivity index (χ4n) is 4.01. The molecule has 0 aliphatic rings. The average molecular weight is 501 g/mol. The summed E-state index contributed by atoms with van der Waals surface area (Å²) in [5.74, 6) is -0.101. The molecule has 5 aromatic rings. The number of nitrogens with zero attached hydrogens (tertiary/aromatic N) is 5. The topological polar surface area (TPSA) is 97.3 Å². The van der Waals surface area contributed by atoms with Gasteiger partial charge in [-0.15, -0.1) is 0 Å². The van der Waals surface area contributed by atoms with Crippen molar-refractivity contribution in [3.05, 3.63) is 90.1 Å². The van der Waals surface area contributed by atoms with Gasteiger partial charge in [-0.3, -0.25) is 9.48 Å². The highest BCUT2D eigenvalue weighted by molar-refractivity contribution is 6.30. The maximum atomic E-state index is 12.4. The van der Waals surface area contributed by atoms with E-state index in [1.54, 1.807) is 41.4 Å². The predicted octanol–water partition coefficient (Wildman–Crippen LogP) is 4.87. The molecule has 0 fully saturated rings. The molecule has 182 valence electrons. The molecule has 3 heterocycles. The maximum Gasteiger partial charge on any atom is 0.228 e.